The number of pyridine rings is 1. The van der Waals surface area contributed by atoms with E-state index in [2.05, 4.69) is 15.5 Å². The summed E-state index contributed by atoms with van der Waals surface area (Å²) in [4.78, 5) is 17.6. The van der Waals surface area contributed by atoms with E-state index >= 15 is 0 Å². The van der Waals surface area contributed by atoms with Crippen molar-refractivity contribution in [1.29, 1.82) is 0 Å². The van der Waals surface area contributed by atoms with Crippen LogP contribution in [-0.2, 0) is 9.84 Å². The molecule has 0 bridgehead atoms. The zero-order valence-corrected chi connectivity index (χ0v) is 17.0. The lowest BCUT2D eigenvalue weighted by Crippen LogP contribution is -2.29. The number of nitrogens with zero attached hydrogens (tertiary/aromatic N) is 2. The SMILES string of the molecule is Cc1noc2nc(-c3ccccc3)cc(C(=O)NCCS(=O)(=O)c3ccccc3)c12. The van der Waals surface area contributed by atoms with E-state index in [1.165, 1.54) is 12.1 Å². The topological polar surface area (TPSA) is 102 Å². The maximum Gasteiger partial charge on any atom is 0.259 e. The van der Waals surface area contributed by atoms with Gasteiger partial charge in [-0.2, -0.15) is 0 Å². The molecule has 1 amide bonds. The molecular weight excluding hydrogens is 402 g/mol. The summed E-state index contributed by atoms with van der Waals surface area (Å²) in [5.74, 6) is -0.611. The first-order chi connectivity index (χ1) is 14.5. The van der Waals surface area contributed by atoms with Gasteiger partial charge in [-0.05, 0) is 25.1 Å². The third kappa shape index (κ3) is 3.95. The molecule has 8 heteroatoms. The van der Waals surface area contributed by atoms with Gasteiger partial charge < -0.3 is 9.84 Å². The number of benzene rings is 2. The highest BCUT2D eigenvalue weighted by atomic mass is 32.2. The number of carbonyl (C=O) groups is 1. The largest absolute Gasteiger partial charge is 0.351 e. The van der Waals surface area contributed by atoms with Gasteiger partial charge in [-0.1, -0.05) is 53.7 Å². The minimum Gasteiger partial charge on any atom is -0.351 e. The Labute approximate surface area is 173 Å². The first-order valence-electron chi connectivity index (χ1n) is 9.34. The monoisotopic (exact) mass is 421 g/mol. The molecular formula is C22H19N3O4S. The molecule has 7 nitrogen and oxygen atoms in total. The van der Waals surface area contributed by atoms with E-state index in [4.69, 9.17) is 4.52 Å². The summed E-state index contributed by atoms with van der Waals surface area (Å²) >= 11 is 0. The molecule has 0 atom stereocenters. The summed E-state index contributed by atoms with van der Waals surface area (Å²) in [6, 6.07) is 19.2. The third-order valence-electron chi connectivity index (χ3n) is 4.69. The highest BCUT2D eigenvalue weighted by Gasteiger charge is 2.20. The number of nitrogens with one attached hydrogen (secondary N) is 1. The predicted octanol–water partition coefficient (Wildman–Crippen LogP) is 3.40. The van der Waals surface area contributed by atoms with E-state index in [-0.39, 0.29) is 22.9 Å². The first kappa shape index (κ1) is 19.8. The second kappa shape index (κ2) is 8.08. The Bertz CT molecular complexity index is 1300. The second-order valence-electron chi connectivity index (χ2n) is 6.76. The average Bonchev–Trinajstić information content (AvgIpc) is 3.15. The van der Waals surface area contributed by atoms with Gasteiger partial charge >= 0.3 is 0 Å². The van der Waals surface area contributed by atoms with Crippen LogP contribution in [-0.4, -0.2) is 36.8 Å². The van der Waals surface area contributed by atoms with Gasteiger partial charge in [-0.25, -0.2) is 13.4 Å². The van der Waals surface area contributed by atoms with Crippen molar-refractivity contribution >= 4 is 26.8 Å². The van der Waals surface area contributed by atoms with Gasteiger partial charge in [0, 0.05) is 12.1 Å². The Morgan fingerprint density at radius 2 is 1.70 bits per heavy atom. The van der Waals surface area contributed by atoms with Gasteiger partial charge in [0.2, 0.25) is 0 Å². The number of carbonyl (C=O) groups excluding carboxylic acids is 1. The van der Waals surface area contributed by atoms with Crippen molar-refractivity contribution in [1.82, 2.24) is 15.5 Å². The van der Waals surface area contributed by atoms with Crippen molar-refractivity contribution in [3.63, 3.8) is 0 Å². The van der Waals surface area contributed by atoms with E-state index in [9.17, 15) is 13.2 Å². The van der Waals surface area contributed by atoms with Crippen LogP contribution in [0.3, 0.4) is 0 Å². The van der Waals surface area contributed by atoms with Crippen LogP contribution in [0.15, 0.2) is 76.1 Å². The molecule has 0 spiro atoms. The lowest BCUT2D eigenvalue weighted by atomic mass is 10.1. The molecule has 0 aliphatic rings. The van der Waals surface area contributed by atoms with E-state index in [0.29, 0.717) is 22.3 Å². The smallest absolute Gasteiger partial charge is 0.259 e. The molecule has 0 aliphatic heterocycles. The Balaban J connectivity index is 1.59. The Morgan fingerprint density at radius 1 is 1.03 bits per heavy atom. The summed E-state index contributed by atoms with van der Waals surface area (Å²) in [5, 5.41) is 7.13. The van der Waals surface area contributed by atoms with Crippen LogP contribution in [0, 0.1) is 6.92 Å². The van der Waals surface area contributed by atoms with Crippen molar-refractivity contribution in [3.05, 3.63) is 78.0 Å². The number of aryl methyl sites for hydroxylation is 1. The van der Waals surface area contributed by atoms with Gasteiger partial charge in [0.05, 0.1) is 33.0 Å². The number of hydrogen-bond donors (Lipinski definition) is 1. The van der Waals surface area contributed by atoms with Crippen LogP contribution in [0.5, 0.6) is 0 Å². The molecule has 0 saturated carbocycles. The first-order valence-corrected chi connectivity index (χ1v) is 11.0. The lowest BCUT2D eigenvalue weighted by molar-refractivity contribution is 0.0957. The second-order valence-corrected chi connectivity index (χ2v) is 8.87. The van der Waals surface area contributed by atoms with Crippen molar-refractivity contribution in [2.75, 3.05) is 12.3 Å². The average molecular weight is 421 g/mol. The lowest BCUT2D eigenvalue weighted by Gasteiger charge is -2.09. The summed E-state index contributed by atoms with van der Waals surface area (Å²) in [7, 11) is -3.49. The molecule has 4 aromatic rings. The van der Waals surface area contributed by atoms with Crippen LogP contribution in [0.1, 0.15) is 16.1 Å². The fourth-order valence-electron chi connectivity index (χ4n) is 3.17. The maximum absolute atomic E-state index is 12.9. The van der Waals surface area contributed by atoms with E-state index in [1.54, 1.807) is 31.2 Å². The molecule has 2 aromatic carbocycles. The Hall–Kier alpha value is -3.52. The van der Waals surface area contributed by atoms with Crippen molar-refractivity contribution in [2.24, 2.45) is 0 Å². The molecule has 0 unspecified atom stereocenters. The summed E-state index contributed by atoms with van der Waals surface area (Å²) < 4.78 is 30.1. The van der Waals surface area contributed by atoms with E-state index in [0.717, 1.165) is 5.56 Å². The predicted molar refractivity (Wildman–Crippen MR) is 113 cm³/mol. The normalized spacial score (nSPS) is 11.5. The number of fused-ring (bicyclic) bond motifs is 1. The minimum atomic E-state index is -3.49. The van der Waals surface area contributed by atoms with Gasteiger partial charge in [0.1, 0.15) is 0 Å². The Morgan fingerprint density at radius 3 is 2.40 bits per heavy atom. The third-order valence-corrected chi connectivity index (χ3v) is 6.42. The van der Waals surface area contributed by atoms with E-state index < -0.39 is 15.7 Å². The molecule has 0 radical (unpaired) electrons. The molecule has 4 rings (SSSR count). The van der Waals surface area contributed by atoms with Crippen molar-refractivity contribution in [3.8, 4) is 11.3 Å². The summed E-state index contributed by atoms with van der Waals surface area (Å²) in [5.41, 5.74) is 2.54. The van der Waals surface area contributed by atoms with Gasteiger partial charge in [-0.3, -0.25) is 4.79 Å². The molecule has 0 aliphatic carbocycles. The zero-order chi connectivity index (χ0) is 21.1. The highest BCUT2D eigenvalue weighted by Crippen LogP contribution is 2.26. The van der Waals surface area contributed by atoms with Crippen molar-refractivity contribution < 1.29 is 17.7 Å². The number of hydrogen-bond acceptors (Lipinski definition) is 6. The standard InChI is InChI=1S/C22H19N3O4S/c1-15-20-18(14-19(24-22(20)29-25-15)16-8-4-2-5-9-16)21(26)23-12-13-30(27,28)17-10-6-3-7-11-17/h2-11,14H,12-13H2,1H3,(H,23,26). The quantitative estimate of drug-likeness (QED) is 0.512. The maximum atomic E-state index is 12.9. The fraction of sp³-hybridized carbons (Fsp3) is 0.136. The molecule has 30 heavy (non-hydrogen) atoms. The van der Waals surface area contributed by atoms with Crippen LogP contribution in [0.25, 0.3) is 22.4 Å². The number of amides is 1. The highest BCUT2D eigenvalue weighted by molar-refractivity contribution is 7.91. The molecule has 152 valence electrons. The van der Waals surface area contributed by atoms with E-state index in [1.807, 2.05) is 30.3 Å². The Kier molecular flexibility index (Phi) is 5.33. The van der Waals surface area contributed by atoms with Gasteiger partial charge in [0.15, 0.2) is 9.84 Å². The summed E-state index contributed by atoms with van der Waals surface area (Å²) in [6.45, 7) is 1.71. The number of rotatable bonds is 6. The van der Waals surface area contributed by atoms with Crippen molar-refractivity contribution in [2.45, 2.75) is 11.8 Å². The number of aromatic nitrogens is 2. The zero-order valence-electron chi connectivity index (χ0n) is 16.2. The molecule has 2 heterocycles. The van der Waals surface area contributed by atoms with Gasteiger partial charge in [-0.15, -0.1) is 0 Å². The minimum absolute atomic E-state index is 0.0229. The molecule has 0 fully saturated rings. The molecule has 2 aromatic heterocycles. The van der Waals surface area contributed by atoms with Crippen LogP contribution < -0.4 is 5.32 Å². The number of sulfone groups is 1. The molecule has 0 saturated heterocycles. The van der Waals surface area contributed by atoms with Crippen LogP contribution in [0.2, 0.25) is 0 Å². The van der Waals surface area contributed by atoms with Crippen LogP contribution >= 0.6 is 0 Å². The summed E-state index contributed by atoms with van der Waals surface area (Å²) in [6.07, 6.45) is 0. The molecule has 1 N–H and O–H groups in total. The van der Waals surface area contributed by atoms with Crippen LogP contribution in [0.4, 0.5) is 0 Å². The fourth-order valence-corrected chi connectivity index (χ4v) is 4.35. The van der Waals surface area contributed by atoms with Gasteiger partial charge in [0.25, 0.3) is 11.6 Å².